The van der Waals surface area contributed by atoms with Crippen molar-refractivity contribution in [2.75, 3.05) is 26.2 Å². The zero-order valence-corrected chi connectivity index (χ0v) is 11.0. The predicted molar refractivity (Wildman–Crippen MR) is 66.5 cm³/mol. The Kier molecular flexibility index (Phi) is 5.41. The summed E-state index contributed by atoms with van der Waals surface area (Å²) in [4.78, 5) is 25.3. The van der Waals surface area contributed by atoms with E-state index in [9.17, 15) is 9.59 Å². The van der Waals surface area contributed by atoms with Crippen LogP contribution in [0.15, 0.2) is 0 Å². The molecule has 5 nitrogen and oxygen atoms in total. The van der Waals surface area contributed by atoms with Gasteiger partial charge in [0.25, 0.3) is 0 Å². The second-order valence-corrected chi connectivity index (χ2v) is 4.50. The lowest BCUT2D eigenvalue weighted by Gasteiger charge is -2.25. The SMILES string of the molecule is CCNC(=O)CN(CC)C(=O)C1NCCC1C. The third-order valence-corrected chi connectivity index (χ3v) is 3.20. The molecule has 17 heavy (non-hydrogen) atoms. The Labute approximate surface area is 103 Å². The molecule has 0 aromatic carbocycles. The standard InChI is InChI=1S/C12H23N3O2/c1-4-13-10(16)8-15(5-2)12(17)11-9(3)6-7-14-11/h9,11,14H,4-8H2,1-3H3,(H,13,16). The van der Waals surface area contributed by atoms with Crippen LogP contribution in [0.25, 0.3) is 0 Å². The molecule has 1 aliphatic heterocycles. The van der Waals surface area contributed by atoms with E-state index in [1.165, 1.54) is 0 Å². The molecule has 0 saturated carbocycles. The van der Waals surface area contributed by atoms with Crippen molar-refractivity contribution in [3.8, 4) is 0 Å². The average molecular weight is 241 g/mol. The van der Waals surface area contributed by atoms with Gasteiger partial charge in [0, 0.05) is 13.1 Å². The number of likely N-dealkylation sites (N-methyl/N-ethyl adjacent to an activating group) is 2. The van der Waals surface area contributed by atoms with Crippen molar-refractivity contribution in [2.45, 2.75) is 33.2 Å². The van der Waals surface area contributed by atoms with Gasteiger partial charge in [0.15, 0.2) is 0 Å². The van der Waals surface area contributed by atoms with Gasteiger partial charge < -0.3 is 15.5 Å². The summed E-state index contributed by atoms with van der Waals surface area (Å²) in [6.45, 7) is 8.06. The van der Waals surface area contributed by atoms with Crippen molar-refractivity contribution in [1.82, 2.24) is 15.5 Å². The second kappa shape index (κ2) is 6.59. The molecule has 2 N–H and O–H groups in total. The summed E-state index contributed by atoms with van der Waals surface area (Å²) in [6, 6.07) is -0.121. The third kappa shape index (κ3) is 3.70. The lowest BCUT2D eigenvalue weighted by Crippen LogP contribution is -2.49. The van der Waals surface area contributed by atoms with E-state index in [-0.39, 0.29) is 24.4 Å². The number of rotatable bonds is 5. The van der Waals surface area contributed by atoms with E-state index >= 15 is 0 Å². The molecule has 0 aliphatic carbocycles. The van der Waals surface area contributed by atoms with Crippen LogP contribution in [0.5, 0.6) is 0 Å². The highest BCUT2D eigenvalue weighted by molar-refractivity contribution is 5.87. The molecule has 2 atom stereocenters. The molecule has 1 fully saturated rings. The largest absolute Gasteiger partial charge is 0.355 e. The molecule has 1 saturated heterocycles. The first kappa shape index (κ1) is 14.0. The molecule has 0 spiro atoms. The van der Waals surface area contributed by atoms with Gasteiger partial charge in [-0.05, 0) is 32.7 Å². The maximum Gasteiger partial charge on any atom is 0.240 e. The van der Waals surface area contributed by atoms with E-state index in [0.717, 1.165) is 13.0 Å². The van der Waals surface area contributed by atoms with Crippen LogP contribution in [0, 0.1) is 5.92 Å². The summed E-state index contributed by atoms with van der Waals surface area (Å²) in [6.07, 6.45) is 1.02. The Bertz CT molecular complexity index is 281. The monoisotopic (exact) mass is 241 g/mol. The highest BCUT2D eigenvalue weighted by atomic mass is 16.2. The van der Waals surface area contributed by atoms with Crippen LogP contribution in [0.2, 0.25) is 0 Å². The molecule has 1 aliphatic rings. The maximum absolute atomic E-state index is 12.2. The maximum atomic E-state index is 12.2. The quantitative estimate of drug-likeness (QED) is 0.710. The Hall–Kier alpha value is -1.10. The van der Waals surface area contributed by atoms with Crippen LogP contribution in [0.3, 0.4) is 0 Å². The number of hydrogen-bond acceptors (Lipinski definition) is 3. The second-order valence-electron chi connectivity index (χ2n) is 4.50. The van der Waals surface area contributed by atoms with E-state index in [1.807, 2.05) is 13.8 Å². The summed E-state index contributed by atoms with van der Waals surface area (Å²) in [5, 5.41) is 5.92. The van der Waals surface area contributed by atoms with E-state index < -0.39 is 0 Å². The van der Waals surface area contributed by atoms with Crippen LogP contribution >= 0.6 is 0 Å². The van der Waals surface area contributed by atoms with Crippen molar-refractivity contribution < 1.29 is 9.59 Å². The molecule has 0 bridgehead atoms. The van der Waals surface area contributed by atoms with Gasteiger partial charge in [-0.25, -0.2) is 0 Å². The van der Waals surface area contributed by atoms with Crippen molar-refractivity contribution in [2.24, 2.45) is 5.92 Å². The van der Waals surface area contributed by atoms with Gasteiger partial charge >= 0.3 is 0 Å². The number of nitrogens with one attached hydrogen (secondary N) is 2. The topological polar surface area (TPSA) is 61.4 Å². The summed E-state index contributed by atoms with van der Waals surface area (Å²) in [5.74, 6) is 0.308. The van der Waals surface area contributed by atoms with E-state index in [2.05, 4.69) is 17.6 Å². The van der Waals surface area contributed by atoms with Gasteiger partial charge in [-0.15, -0.1) is 0 Å². The normalized spacial score (nSPS) is 23.5. The fourth-order valence-electron chi connectivity index (χ4n) is 2.13. The first-order valence-corrected chi connectivity index (χ1v) is 6.39. The summed E-state index contributed by atoms with van der Waals surface area (Å²) in [7, 11) is 0. The fourth-order valence-corrected chi connectivity index (χ4v) is 2.13. The summed E-state index contributed by atoms with van der Waals surface area (Å²) < 4.78 is 0. The first-order chi connectivity index (χ1) is 8.10. The molecule has 5 heteroatoms. The van der Waals surface area contributed by atoms with E-state index in [1.54, 1.807) is 4.90 Å². The minimum absolute atomic E-state index is 0.0451. The van der Waals surface area contributed by atoms with Crippen molar-refractivity contribution in [1.29, 1.82) is 0 Å². The zero-order chi connectivity index (χ0) is 12.8. The fraction of sp³-hybridized carbons (Fsp3) is 0.833. The Morgan fingerprint density at radius 1 is 1.41 bits per heavy atom. The number of carbonyl (C=O) groups is 2. The first-order valence-electron chi connectivity index (χ1n) is 6.39. The van der Waals surface area contributed by atoms with Gasteiger partial charge in [0.1, 0.15) is 0 Å². The van der Waals surface area contributed by atoms with Crippen LogP contribution in [-0.4, -0.2) is 48.9 Å². The molecular weight excluding hydrogens is 218 g/mol. The predicted octanol–water partition coefficient (Wildman–Crippen LogP) is -0.0310. The van der Waals surface area contributed by atoms with E-state index in [4.69, 9.17) is 0 Å². The minimum atomic E-state index is -0.121. The van der Waals surface area contributed by atoms with Crippen LogP contribution in [-0.2, 0) is 9.59 Å². The average Bonchev–Trinajstić information content (AvgIpc) is 2.72. The molecule has 2 amide bonds. The highest BCUT2D eigenvalue weighted by Crippen LogP contribution is 2.16. The van der Waals surface area contributed by atoms with Gasteiger partial charge in [-0.3, -0.25) is 9.59 Å². The molecule has 1 heterocycles. The molecular formula is C12H23N3O2. The zero-order valence-electron chi connectivity index (χ0n) is 11.0. The van der Waals surface area contributed by atoms with Crippen molar-refractivity contribution >= 4 is 11.8 Å². The minimum Gasteiger partial charge on any atom is -0.355 e. The number of amides is 2. The highest BCUT2D eigenvalue weighted by Gasteiger charge is 2.32. The van der Waals surface area contributed by atoms with Crippen LogP contribution in [0.1, 0.15) is 27.2 Å². The molecule has 0 aromatic rings. The van der Waals surface area contributed by atoms with Crippen LogP contribution in [0.4, 0.5) is 0 Å². The number of hydrogen-bond donors (Lipinski definition) is 2. The Morgan fingerprint density at radius 2 is 2.12 bits per heavy atom. The van der Waals surface area contributed by atoms with Crippen molar-refractivity contribution in [3.05, 3.63) is 0 Å². The molecule has 2 unspecified atom stereocenters. The molecule has 0 aromatic heterocycles. The van der Waals surface area contributed by atoms with E-state index in [0.29, 0.717) is 19.0 Å². The van der Waals surface area contributed by atoms with Gasteiger partial charge in [0.05, 0.1) is 12.6 Å². The Balaban J connectivity index is 2.54. The molecule has 98 valence electrons. The lowest BCUT2D eigenvalue weighted by molar-refractivity contribution is -0.137. The van der Waals surface area contributed by atoms with Crippen molar-refractivity contribution in [3.63, 3.8) is 0 Å². The van der Waals surface area contributed by atoms with Crippen LogP contribution < -0.4 is 10.6 Å². The Morgan fingerprint density at radius 3 is 2.59 bits per heavy atom. The molecule has 1 rings (SSSR count). The lowest BCUT2D eigenvalue weighted by atomic mass is 10.0. The van der Waals surface area contributed by atoms with Gasteiger partial charge in [-0.1, -0.05) is 6.92 Å². The molecule has 0 radical (unpaired) electrons. The summed E-state index contributed by atoms with van der Waals surface area (Å²) >= 11 is 0. The number of carbonyl (C=O) groups excluding carboxylic acids is 2. The van der Waals surface area contributed by atoms with Gasteiger partial charge in [0.2, 0.25) is 11.8 Å². The smallest absolute Gasteiger partial charge is 0.240 e. The van der Waals surface area contributed by atoms with Gasteiger partial charge in [-0.2, -0.15) is 0 Å². The number of nitrogens with zero attached hydrogens (tertiary/aromatic N) is 1. The third-order valence-electron chi connectivity index (χ3n) is 3.20. The summed E-state index contributed by atoms with van der Waals surface area (Å²) in [5.41, 5.74) is 0.